The Morgan fingerprint density at radius 2 is 2.40 bits per heavy atom. The molecule has 2 heterocycles. The number of aryl methyl sites for hydroxylation is 2. The molecule has 0 saturated carbocycles. The summed E-state index contributed by atoms with van der Waals surface area (Å²) in [6.45, 7) is 1.98. The minimum absolute atomic E-state index is 0.649. The second kappa shape index (κ2) is 4.43. The molecule has 0 spiro atoms. The van der Waals surface area contributed by atoms with Crippen molar-refractivity contribution >= 4 is 11.8 Å². The number of hydrogen-bond donors (Lipinski definition) is 0. The summed E-state index contributed by atoms with van der Waals surface area (Å²) in [4.78, 5) is 8.29. The highest BCUT2D eigenvalue weighted by molar-refractivity contribution is 7.98. The predicted octanol–water partition coefficient (Wildman–Crippen LogP) is 1.05. The molecule has 0 radical (unpaired) electrons. The summed E-state index contributed by atoms with van der Waals surface area (Å²) in [5.41, 5.74) is 0. The lowest BCUT2D eigenvalue weighted by Crippen LogP contribution is -1.93. The summed E-state index contributed by atoms with van der Waals surface area (Å²) in [7, 11) is 1.85. The van der Waals surface area contributed by atoms with Gasteiger partial charge in [-0.1, -0.05) is 23.8 Å². The Morgan fingerprint density at radius 3 is 3.00 bits per heavy atom. The van der Waals surface area contributed by atoms with Crippen LogP contribution in [-0.2, 0) is 19.2 Å². The smallest absolute Gasteiger partial charge is 0.226 e. The van der Waals surface area contributed by atoms with E-state index in [0.29, 0.717) is 17.5 Å². The molecule has 0 unspecified atom stereocenters. The van der Waals surface area contributed by atoms with Crippen molar-refractivity contribution in [3.63, 3.8) is 0 Å². The van der Waals surface area contributed by atoms with Crippen LogP contribution in [0.4, 0.5) is 0 Å². The van der Waals surface area contributed by atoms with Gasteiger partial charge in [0.1, 0.15) is 6.33 Å². The molecule has 0 fully saturated rings. The van der Waals surface area contributed by atoms with Crippen molar-refractivity contribution in [2.45, 2.75) is 24.3 Å². The fourth-order valence-electron chi connectivity index (χ4n) is 1.04. The van der Waals surface area contributed by atoms with E-state index in [1.807, 2.05) is 14.0 Å². The van der Waals surface area contributed by atoms with Crippen molar-refractivity contribution < 1.29 is 4.52 Å². The topological polar surface area (TPSA) is 69.6 Å². The van der Waals surface area contributed by atoms with Gasteiger partial charge < -0.3 is 4.52 Å². The van der Waals surface area contributed by atoms with Crippen LogP contribution < -0.4 is 0 Å². The van der Waals surface area contributed by atoms with Gasteiger partial charge in [0, 0.05) is 13.5 Å². The zero-order chi connectivity index (χ0) is 10.7. The van der Waals surface area contributed by atoms with Crippen LogP contribution in [0, 0.1) is 0 Å². The van der Waals surface area contributed by atoms with Crippen LogP contribution in [0.15, 0.2) is 16.0 Å². The first-order chi connectivity index (χ1) is 7.29. The molecular formula is C8H11N5OS. The largest absolute Gasteiger partial charge is 0.339 e. The maximum absolute atomic E-state index is 5.00. The summed E-state index contributed by atoms with van der Waals surface area (Å²) in [5.74, 6) is 2.01. The molecule has 2 aromatic rings. The highest BCUT2D eigenvalue weighted by Gasteiger charge is 2.07. The number of thioether (sulfide) groups is 1. The van der Waals surface area contributed by atoms with E-state index < -0.39 is 0 Å². The lowest BCUT2D eigenvalue weighted by atomic mass is 10.5. The molecular weight excluding hydrogens is 214 g/mol. The molecule has 0 aliphatic rings. The molecule has 2 aromatic heterocycles. The molecule has 0 aliphatic carbocycles. The molecule has 0 bridgehead atoms. The summed E-state index contributed by atoms with van der Waals surface area (Å²) in [6.07, 6.45) is 2.29. The van der Waals surface area contributed by atoms with Crippen LogP contribution in [0.25, 0.3) is 0 Å². The SMILES string of the molecule is CCc1nc(CSc2ncnn2C)no1. The average molecular weight is 225 g/mol. The van der Waals surface area contributed by atoms with Gasteiger partial charge in [-0.05, 0) is 0 Å². The summed E-state index contributed by atoms with van der Waals surface area (Å²) in [6, 6.07) is 0. The molecule has 2 rings (SSSR count). The highest BCUT2D eigenvalue weighted by Crippen LogP contribution is 2.17. The summed E-state index contributed by atoms with van der Waals surface area (Å²) >= 11 is 1.53. The first-order valence-electron chi connectivity index (χ1n) is 4.58. The third kappa shape index (κ3) is 2.35. The van der Waals surface area contributed by atoms with Gasteiger partial charge in [-0.15, -0.1) is 0 Å². The number of nitrogens with zero attached hydrogens (tertiary/aromatic N) is 5. The number of hydrogen-bond acceptors (Lipinski definition) is 6. The molecule has 0 saturated heterocycles. The molecule has 6 nitrogen and oxygen atoms in total. The molecule has 7 heteroatoms. The minimum Gasteiger partial charge on any atom is -0.339 e. The Hall–Kier alpha value is -1.37. The van der Waals surface area contributed by atoms with Gasteiger partial charge in [0.15, 0.2) is 11.0 Å². The Balaban J connectivity index is 1.96. The van der Waals surface area contributed by atoms with Crippen molar-refractivity contribution in [1.82, 2.24) is 24.9 Å². The van der Waals surface area contributed by atoms with E-state index in [2.05, 4.69) is 20.2 Å². The van der Waals surface area contributed by atoms with Crippen LogP contribution in [0.3, 0.4) is 0 Å². The fraction of sp³-hybridized carbons (Fsp3) is 0.500. The van der Waals surface area contributed by atoms with Gasteiger partial charge >= 0.3 is 0 Å². The van der Waals surface area contributed by atoms with Crippen LogP contribution in [0.1, 0.15) is 18.6 Å². The van der Waals surface area contributed by atoms with E-state index >= 15 is 0 Å². The van der Waals surface area contributed by atoms with Gasteiger partial charge in [-0.3, -0.25) is 0 Å². The average Bonchev–Trinajstić information content (AvgIpc) is 2.84. The predicted molar refractivity (Wildman–Crippen MR) is 54.2 cm³/mol. The van der Waals surface area contributed by atoms with Gasteiger partial charge in [0.25, 0.3) is 0 Å². The first-order valence-corrected chi connectivity index (χ1v) is 5.56. The van der Waals surface area contributed by atoms with Crippen LogP contribution in [0.5, 0.6) is 0 Å². The van der Waals surface area contributed by atoms with Crippen molar-refractivity contribution in [1.29, 1.82) is 0 Å². The second-order valence-corrected chi connectivity index (χ2v) is 3.86. The third-order valence-corrected chi connectivity index (χ3v) is 2.84. The van der Waals surface area contributed by atoms with Crippen molar-refractivity contribution in [3.05, 3.63) is 18.0 Å². The van der Waals surface area contributed by atoms with Crippen LogP contribution in [0.2, 0.25) is 0 Å². The molecule has 0 aromatic carbocycles. The van der Waals surface area contributed by atoms with Gasteiger partial charge in [-0.2, -0.15) is 10.1 Å². The zero-order valence-corrected chi connectivity index (χ0v) is 9.36. The van der Waals surface area contributed by atoms with E-state index in [9.17, 15) is 0 Å². The van der Waals surface area contributed by atoms with E-state index in [4.69, 9.17) is 4.52 Å². The maximum atomic E-state index is 5.00. The highest BCUT2D eigenvalue weighted by atomic mass is 32.2. The lowest BCUT2D eigenvalue weighted by molar-refractivity contribution is 0.378. The molecule has 0 amide bonds. The number of aromatic nitrogens is 5. The van der Waals surface area contributed by atoms with E-state index in [0.717, 1.165) is 11.6 Å². The minimum atomic E-state index is 0.649. The zero-order valence-electron chi connectivity index (χ0n) is 8.54. The van der Waals surface area contributed by atoms with E-state index in [1.165, 1.54) is 18.1 Å². The third-order valence-electron chi connectivity index (χ3n) is 1.81. The van der Waals surface area contributed by atoms with Crippen LogP contribution >= 0.6 is 11.8 Å². The van der Waals surface area contributed by atoms with Gasteiger partial charge in [0.05, 0.1) is 5.75 Å². The Morgan fingerprint density at radius 1 is 1.53 bits per heavy atom. The monoisotopic (exact) mass is 225 g/mol. The summed E-state index contributed by atoms with van der Waals surface area (Å²) in [5, 5.41) is 8.67. The Labute approximate surface area is 91.1 Å². The molecule has 0 aliphatic heterocycles. The second-order valence-electron chi connectivity index (χ2n) is 2.91. The van der Waals surface area contributed by atoms with Gasteiger partial charge in [0.2, 0.25) is 5.89 Å². The first kappa shape index (κ1) is 10.2. The van der Waals surface area contributed by atoms with Gasteiger partial charge in [-0.25, -0.2) is 9.67 Å². The quantitative estimate of drug-likeness (QED) is 0.724. The standard InChI is InChI=1S/C8H11N5OS/c1-3-7-11-6(12-14-7)4-15-8-9-5-10-13(8)2/h5H,3-4H2,1-2H3. The Bertz CT molecular complexity index is 438. The Kier molecular flexibility index (Phi) is 3.00. The summed E-state index contributed by atoms with van der Waals surface area (Å²) < 4.78 is 6.71. The van der Waals surface area contributed by atoms with Crippen molar-refractivity contribution in [3.8, 4) is 0 Å². The fourth-order valence-corrected chi connectivity index (χ4v) is 1.77. The number of rotatable bonds is 4. The lowest BCUT2D eigenvalue weighted by Gasteiger charge is -1.95. The van der Waals surface area contributed by atoms with Crippen molar-refractivity contribution in [2.24, 2.45) is 7.05 Å². The molecule has 15 heavy (non-hydrogen) atoms. The van der Waals surface area contributed by atoms with Crippen molar-refractivity contribution in [2.75, 3.05) is 0 Å². The molecule has 80 valence electrons. The molecule has 0 atom stereocenters. The van der Waals surface area contributed by atoms with E-state index in [1.54, 1.807) is 4.68 Å². The van der Waals surface area contributed by atoms with E-state index in [-0.39, 0.29) is 0 Å². The molecule has 0 N–H and O–H groups in total. The normalized spacial score (nSPS) is 10.8. The maximum Gasteiger partial charge on any atom is 0.226 e. The van der Waals surface area contributed by atoms with Crippen LogP contribution in [-0.4, -0.2) is 24.9 Å².